The Hall–Kier alpha value is -3.19. The maximum Gasteiger partial charge on any atom is 0.261 e. The minimum absolute atomic E-state index is 0.0785. The third kappa shape index (κ3) is 4.14. The van der Waals surface area contributed by atoms with Crippen LogP contribution < -0.4 is 10.6 Å². The second-order valence-corrected chi connectivity index (χ2v) is 7.91. The van der Waals surface area contributed by atoms with Crippen molar-refractivity contribution in [1.82, 2.24) is 15.3 Å². The van der Waals surface area contributed by atoms with E-state index in [1.165, 1.54) is 23.2 Å². The lowest BCUT2D eigenvalue weighted by atomic mass is 10.0. The number of carbonyl (C=O) groups is 1. The van der Waals surface area contributed by atoms with Crippen LogP contribution in [0.15, 0.2) is 59.5 Å². The van der Waals surface area contributed by atoms with Gasteiger partial charge in [0.1, 0.15) is 22.7 Å². The number of hydrogen-bond donors (Lipinski definition) is 2. The number of hydrogen-bond acceptors (Lipinski definition) is 6. The largest absolute Gasteiger partial charge is 0.467 e. The maximum atomic E-state index is 12.8. The molecule has 0 radical (unpaired) electrons. The number of fused-ring (bicyclic) bond motifs is 1. The Kier molecular flexibility index (Phi) is 5.57. The molecule has 148 valence electrons. The van der Waals surface area contributed by atoms with Gasteiger partial charge >= 0.3 is 0 Å². The number of amides is 1. The van der Waals surface area contributed by atoms with E-state index in [1.807, 2.05) is 37.3 Å². The monoisotopic (exact) mass is 406 g/mol. The van der Waals surface area contributed by atoms with E-state index in [2.05, 4.69) is 39.7 Å². The van der Waals surface area contributed by atoms with E-state index in [-0.39, 0.29) is 11.8 Å². The fraction of sp³-hybridized carbons (Fsp3) is 0.227. The molecular formula is C22H22N4O2S. The fourth-order valence-corrected chi connectivity index (χ4v) is 4.30. The normalized spacial score (nSPS) is 12.1. The first-order valence-electron chi connectivity index (χ1n) is 9.47. The summed E-state index contributed by atoms with van der Waals surface area (Å²) >= 11 is 1.39. The molecule has 7 heteroatoms. The Morgan fingerprint density at radius 3 is 2.76 bits per heavy atom. The van der Waals surface area contributed by atoms with Crippen molar-refractivity contribution >= 4 is 33.3 Å². The molecule has 4 rings (SSSR count). The third-order valence-corrected chi connectivity index (χ3v) is 6.08. The third-order valence-electron chi connectivity index (χ3n) is 4.88. The van der Waals surface area contributed by atoms with Crippen LogP contribution in [0.1, 0.15) is 39.4 Å². The molecule has 29 heavy (non-hydrogen) atoms. The van der Waals surface area contributed by atoms with Crippen LogP contribution >= 0.6 is 11.3 Å². The van der Waals surface area contributed by atoms with Crippen molar-refractivity contribution in [1.29, 1.82) is 0 Å². The first-order chi connectivity index (χ1) is 14.1. The molecular weight excluding hydrogens is 384 g/mol. The van der Waals surface area contributed by atoms with Crippen LogP contribution in [-0.2, 0) is 6.54 Å². The summed E-state index contributed by atoms with van der Waals surface area (Å²) in [5, 5.41) is 7.23. The molecule has 0 saturated carbocycles. The highest BCUT2D eigenvalue weighted by Gasteiger charge is 2.20. The van der Waals surface area contributed by atoms with Crippen LogP contribution in [0.5, 0.6) is 0 Å². The lowest BCUT2D eigenvalue weighted by Crippen LogP contribution is -2.27. The second-order valence-electron chi connectivity index (χ2n) is 6.91. The quantitative estimate of drug-likeness (QED) is 0.463. The molecule has 3 heterocycles. The van der Waals surface area contributed by atoms with Gasteiger partial charge in [-0.2, -0.15) is 0 Å². The summed E-state index contributed by atoms with van der Waals surface area (Å²) in [4.78, 5) is 23.0. The van der Waals surface area contributed by atoms with Crippen molar-refractivity contribution in [2.24, 2.45) is 0 Å². The summed E-state index contributed by atoms with van der Waals surface area (Å²) in [5.74, 6) is 1.68. The van der Waals surface area contributed by atoms with E-state index < -0.39 is 0 Å². The smallest absolute Gasteiger partial charge is 0.261 e. The topological polar surface area (TPSA) is 80.0 Å². The molecule has 6 nitrogen and oxygen atoms in total. The minimum atomic E-state index is -0.0785. The summed E-state index contributed by atoms with van der Waals surface area (Å²) in [6.45, 7) is 5.14. The molecule has 0 bridgehead atoms. The summed E-state index contributed by atoms with van der Waals surface area (Å²) in [7, 11) is 0. The molecule has 1 atom stereocenters. The van der Waals surface area contributed by atoms with Gasteiger partial charge in [-0.3, -0.25) is 4.79 Å². The van der Waals surface area contributed by atoms with Crippen molar-refractivity contribution < 1.29 is 9.21 Å². The number of furan rings is 1. The van der Waals surface area contributed by atoms with Gasteiger partial charge < -0.3 is 15.1 Å². The zero-order chi connectivity index (χ0) is 20.2. The molecule has 0 aliphatic rings. The first-order valence-corrected chi connectivity index (χ1v) is 10.3. The van der Waals surface area contributed by atoms with Crippen LogP contribution in [0.3, 0.4) is 0 Å². The number of nitrogens with one attached hydrogen (secondary N) is 2. The van der Waals surface area contributed by atoms with Crippen molar-refractivity contribution in [2.45, 2.75) is 26.3 Å². The van der Waals surface area contributed by atoms with Gasteiger partial charge in [-0.15, -0.1) is 11.3 Å². The highest BCUT2D eigenvalue weighted by molar-refractivity contribution is 7.20. The van der Waals surface area contributed by atoms with Crippen LogP contribution in [0, 0.1) is 6.92 Å². The first kappa shape index (κ1) is 19.1. The minimum Gasteiger partial charge on any atom is -0.467 e. The molecule has 1 amide bonds. The van der Waals surface area contributed by atoms with Crippen molar-refractivity contribution in [2.75, 3.05) is 11.9 Å². The molecule has 0 aliphatic carbocycles. The Bertz CT molecular complexity index is 1110. The lowest BCUT2D eigenvalue weighted by molar-refractivity contribution is 0.0955. The maximum absolute atomic E-state index is 12.8. The van der Waals surface area contributed by atoms with E-state index in [4.69, 9.17) is 4.42 Å². The molecule has 0 spiro atoms. The number of carbonyl (C=O) groups excluding carboxylic acids is 1. The van der Waals surface area contributed by atoms with Gasteiger partial charge in [0.15, 0.2) is 0 Å². The van der Waals surface area contributed by atoms with Gasteiger partial charge in [-0.05, 0) is 36.1 Å². The zero-order valence-corrected chi connectivity index (χ0v) is 17.1. The Morgan fingerprint density at radius 2 is 2.00 bits per heavy atom. The predicted molar refractivity (Wildman–Crippen MR) is 115 cm³/mol. The van der Waals surface area contributed by atoms with Crippen LogP contribution in [0.25, 0.3) is 10.2 Å². The molecule has 0 fully saturated rings. The fourth-order valence-electron chi connectivity index (χ4n) is 3.23. The Labute approximate surface area is 173 Å². The second kappa shape index (κ2) is 8.45. The molecule has 3 aromatic heterocycles. The molecule has 0 saturated heterocycles. The van der Waals surface area contributed by atoms with E-state index in [0.717, 1.165) is 21.5 Å². The number of aryl methyl sites for hydroxylation is 1. The van der Waals surface area contributed by atoms with Gasteiger partial charge in [-0.1, -0.05) is 37.3 Å². The standard InChI is InChI=1S/C22H22N4O2S/c1-14(16-7-4-3-5-8-16)11-24-21(27)19-15(2)18-20(25-13-26-22(18)29-19)23-12-17-9-6-10-28-17/h3-10,13-14H,11-12H2,1-2H3,(H,24,27)(H,23,25,26). The zero-order valence-electron chi connectivity index (χ0n) is 16.3. The van der Waals surface area contributed by atoms with Gasteiger partial charge in [0.2, 0.25) is 0 Å². The van der Waals surface area contributed by atoms with Gasteiger partial charge in [0.05, 0.1) is 23.1 Å². The number of thiophene rings is 1. The Balaban J connectivity index is 1.51. The summed E-state index contributed by atoms with van der Waals surface area (Å²) in [6.07, 6.45) is 3.16. The number of aromatic nitrogens is 2. The number of rotatable bonds is 7. The van der Waals surface area contributed by atoms with Crippen LogP contribution in [-0.4, -0.2) is 22.4 Å². The molecule has 4 aromatic rings. The van der Waals surface area contributed by atoms with Crippen LogP contribution in [0.4, 0.5) is 5.82 Å². The van der Waals surface area contributed by atoms with E-state index in [1.54, 1.807) is 6.26 Å². The van der Waals surface area contributed by atoms with Crippen molar-refractivity contribution in [3.8, 4) is 0 Å². The average Bonchev–Trinajstić information content (AvgIpc) is 3.39. The number of benzene rings is 1. The average molecular weight is 407 g/mol. The van der Waals surface area contributed by atoms with E-state index in [0.29, 0.717) is 23.8 Å². The van der Waals surface area contributed by atoms with Crippen molar-refractivity contribution in [3.63, 3.8) is 0 Å². The van der Waals surface area contributed by atoms with Gasteiger partial charge in [0.25, 0.3) is 5.91 Å². The van der Waals surface area contributed by atoms with E-state index >= 15 is 0 Å². The summed E-state index contributed by atoms with van der Waals surface area (Å²) in [6, 6.07) is 13.9. The number of nitrogens with zero attached hydrogens (tertiary/aromatic N) is 2. The Morgan fingerprint density at radius 1 is 1.17 bits per heavy atom. The predicted octanol–water partition coefficient (Wildman–Crippen LogP) is 4.74. The molecule has 0 aliphatic heterocycles. The summed E-state index contributed by atoms with van der Waals surface area (Å²) < 4.78 is 5.36. The van der Waals surface area contributed by atoms with Gasteiger partial charge in [-0.25, -0.2) is 9.97 Å². The SMILES string of the molecule is Cc1c(C(=O)NCC(C)c2ccccc2)sc2ncnc(NCc3ccco3)c12. The highest BCUT2D eigenvalue weighted by atomic mass is 32.1. The van der Waals surface area contributed by atoms with Crippen LogP contribution in [0.2, 0.25) is 0 Å². The molecule has 2 N–H and O–H groups in total. The summed E-state index contributed by atoms with van der Waals surface area (Å²) in [5.41, 5.74) is 2.09. The van der Waals surface area contributed by atoms with Gasteiger partial charge in [0, 0.05) is 6.54 Å². The molecule has 1 unspecified atom stereocenters. The van der Waals surface area contributed by atoms with Crippen molar-refractivity contribution in [3.05, 3.63) is 76.8 Å². The van der Waals surface area contributed by atoms with E-state index in [9.17, 15) is 4.79 Å². The lowest BCUT2D eigenvalue weighted by Gasteiger charge is -2.12. The molecule has 1 aromatic carbocycles. The highest BCUT2D eigenvalue weighted by Crippen LogP contribution is 2.33. The number of anilines is 1.